The molecule has 0 bridgehead atoms. The van der Waals surface area contributed by atoms with Crippen molar-refractivity contribution in [3.8, 4) is 11.3 Å². The van der Waals surface area contributed by atoms with Gasteiger partial charge in [0, 0.05) is 31.7 Å². The molecule has 10 heteroatoms. The van der Waals surface area contributed by atoms with Crippen LogP contribution in [-0.4, -0.2) is 71.9 Å². The summed E-state index contributed by atoms with van der Waals surface area (Å²) in [7, 11) is 1.30. The van der Waals surface area contributed by atoms with E-state index >= 15 is 0 Å². The lowest BCUT2D eigenvalue weighted by molar-refractivity contribution is 0.0240. The number of ether oxygens (including phenoxy) is 2. The van der Waals surface area contributed by atoms with Gasteiger partial charge in [-0.15, -0.1) is 0 Å². The third kappa shape index (κ3) is 5.32. The van der Waals surface area contributed by atoms with Crippen molar-refractivity contribution < 1.29 is 29.0 Å². The highest BCUT2D eigenvalue weighted by Crippen LogP contribution is 2.34. The number of nitrogens with zero attached hydrogens (tertiary/aromatic N) is 3. The first kappa shape index (κ1) is 22.5. The number of aromatic carboxylic acids is 1. The van der Waals surface area contributed by atoms with Crippen LogP contribution in [-0.2, 0) is 9.47 Å². The van der Waals surface area contributed by atoms with Crippen molar-refractivity contribution in [2.24, 2.45) is 0 Å². The molecule has 2 heterocycles. The molecule has 31 heavy (non-hydrogen) atoms. The quantitative estimate of drug-likeness (QED) is 0.711. The number of rotatable bonds is 4. The number of anilines is 1. The molecule has 0 aliphatic carbocycles. The molecule has 3 rings (SSSR count). The van der Waals surface area contributed by atoms with Gasteiger partial charge in [0.2, 0.25) is 0 Å². The minimum Gasteiger partial charge on any atom is -0.478 e. The molecule has 2 aromatic rings. The Morgan fingerprint density at radius 1 is 1.06 bits per heavy atom. The average Bonchev–Trinajstić information content (AvgIpc) is 3.17. The van der Waals surface area contributed by atoms with E-state index in [0.717, 1.165) is 0 Å². The summed E-state index contributed by atoms with van der Waals surface area (Å²) in [4.78, 5) is 44.3. The topological polar surface area (TPSA) is 109 Å². The zero-order valence-electron chi connectivity index (χ0n) is 17.9. The van der Waals surface area contributed by atoms with Crippen LogP contribution < -0.4 is 4.90 Å². The third-order valence-corrected chi connectivity index (χ3v) is 5.69. The molecule has 1 N–H and O–H groups in total. The van der Waals surface area contributed by atoms with Crippen LogP contribution >= 0.6 is 11.3 Å². The molecular formula is C21H25N3O6S. The third-order valence-electron chi connectivity index (χ3n) is 4.59. The monoisotopic (exact) mass is 447 g/mol. The molecule has 1 fully saturated rings. The fourth-order valence-corrected chi connectivity index (χ4v) is 4.11. The molecule has 9 nitrogen and oxygen atoms in total. The Hall–Kier alpha value is -3.14. The minimum absolute atomic E-state index is 0.150. The number of carbonyl (C=O) groups excluding carboxylic acids is 2. The van der Waals surface area contributed by atoms with E-state index in [1.54, 1.807) is 17.0 Å². The number of methoxy groups -OCH3 is 1. The van der Waals surface area contributed by atoms with Gasteiger partial charge in [0.05, 0.1) is 18.4 Å². The normalized spacial score (nSPS) is 14.3. The number of hydrogen-bond acceptors (Lipinski definition) is 8. The Morgan fingerprint density at radius 3 is 2.19 bits per heavy atom. The molecule has 1 aliphatic rings. The molecule has 1 amide bonds. The van der Waals surface area contributed by atoms with Crippen LogP contribution in [0.3, 0.4) is 0 Å². The van der Waals surface area contributed by atoms with E-state index in [2.05, 4.69) is 4.98 Å². The second-order valence-electron chi connectivity index (χ2n) is 8.00. The Bertz CT molecular complexity index is 972. The number of carboxylic acid groups (broad SMARTS) is 1. The van der Waals surface area contributed by atoms with Crippen molar-refractivity contribution in [3.63, 3.8) is 0 Å². The van der Waals surface area contributed by atoms with Crippen molar-refractivity contribution in [3.05, 3.63) is 34.7 Å². The van der Waals surface area contributed by atoms with Crippen molar-refractivity contribution in [2.75, 3.05) is 38.2 Å². The fraction of sp³-hybridized carbons (Fsp3) is 0.429. The second kappa shape index (κ2) is 8.93. The molecule has 166 valence electrons. The molecular weight excluding hydrogens is 422 g/mol. The molecule has 1 aromatic heterocycles. The molecule has 0 atom stereocenters. The summed E-state index contributed by atoms with van der Waals surface area (Å²) < 4.78 is 10.3. The Morgan fingerprint density at radius 2 is 1.68 bits per heavy atom. The Labute approximate surface area is 184 Å². The van der Waals surface area contributed by atoms with E-state index in [9.17, 15) is 14.4 Å². The van der Waals surface area contributed by atoms with Crippen LogP contribution in [0.2, 0.25) is 0 Å². The van der Waals surface area contributed by atoms with E-state index in [0.29, 0.717) is 47.4 Å². The molecule has 1 saturated heterocycles. The molecule has 0 unspecified atom stereocenters. The van der Waals surface area contributed by atoms with Crippen molar-refractivity contribution in [1.29, 1.82) is 0 Å². The summed E-state index contributed by atoms with van der Waals surface area (Å²) in [5.41, 5.74) is 0.667. The number of benzene rings is 1. The minimum atomic E-state index is -1.03. The van der Waals surface area contributed by atoms with E-state index in [4.69, 9.17) is 14.6 Å². The van der Waals surface area contributed by atoms with Crippen LogP contribution in [0.15, 0.2) is 24.3 Å². The predicted octanol–water partition coefficient (Wildman–Crippen LogP) is 3.35. The summed E-state index contributed by atoms with van der Waals surface area (Å²) in [5.74, 6) is -1.53. The van der Waals surface area contributed by atoms with Crippen molar-refractivity contribution in [1.82, 2.24) is 9.88 Å². The van der Waals surface area contributed by atoms with Gasteiger partial charge < -0.3 is 24.4 Å². The highest BCUT2D eigenvalue weighted by Gasteiger charge is 2.29. The van der Waals surface area contributed by atoms with Gasteiger partial charge in [-0.3, -0.25) is 0 Å². The molecule has 0 radical (unpaired) electrons. The maximum absolute atomic E-state index is 12.3. The van der Waals surface area contributed by atoms with Crippen molar-refractivity contribution >= 4 is 34.5 Å². The van der Waals surface area contributed by atoms with E-state index < -0.39 is 17.5 Å². The molecule has 1 aliphatic heterocycles. The summed E-state index contributed by atoms with van der Waals surface area (Å²) in [6.45, 7) is 7.53. The van der Waals surface area contributed by atoms with Crippen LogP contribution in [0.25, 0.3) is 11.3 Å². The van der Waals surface area contributed by atoms with Crippen LogP contribution in [0.5, 0.6) is 0 Å². The summed E-state index contributed by atoms with van der Waals surface area (Å²) >= 11 is 1.21. The SMILES string of the molecule is COC(=O)c1sc(N2CCN(C(=O)OC(C)(C)C)CC2)nc1-c1ccc(C(=O)O)cc1. The zero-order valence-corrected chi connectivity index (χ0v) is 18.7. The zero-order chi connectivity index (χ0) is 22.8. The maximum atomic E-state index is 12.3. The summed E-state index contributed by atoms with van der Waals surface area (Å²) in [6.07, 6.45) is -0.347. The Kier molecular flexibility index (Phi) is 6.49. The summed E-state index contributed by atoms with van der Waals surface area (Å²) in [5, 5.41) is 9.73. The molecule has 1 aromatic carbocycles. The van der Waals surface area contributed by atoms with Gasteiger partial charge in [-0.05, 0) is 32.9 Å². The Balaban J connectivity index is 1.79. The number of thiazole rings is 1. The van der Waals surface area contributed by atoms with Crippen LogP contribution in [0.4, 0.5) is 9.93 Å². The first-order chi connectivity index (χ1) is 14.6. The number of hydrogen-bond donors (Lipinski definition) is 1. The number of aromatic nitrogens is 1. The van der Waals surface area contributed by atoms with Gasteiger partial charge >= 0.3 is 18.0 Å². The fourth-order valence-electron chi connectivity index (χ4n) is 3.05. The first-order valence-electron chi connectivity index (χ1n) is 9.75. The largest absolute Gasteiger partial charge is 0.478 e. The number of carbonyl (C=O) groups is 3. The van der Waals surface area contributed by atoms with Gasteiger partial charge in [0.25, 0.3) is 0 Å². The van der Waals surface area contributed by atoms with Gasteiger partial charge in [-0.2, -0.15) is 0 Å². The number of esters is 1. The van der Waals surface area contributed by atoms with E-state index in [1.165, 1.54) is 30.6 Å². The smallest absolute Gasteiger partial charge is 0.410 e. The molecule has 0 saturated carbocycles. The van der Waals surface area contributed by atoms with Gasteiger partial charge in [-0.25, -0.2) is 19.4 Å². The second-order valence-corrected chi connectivity index (χ2v) is 8.98. The average molecular weight is 448 g/mol. The lowest BCUT2D eigenvalue weighted by Gasteiger charge is -2.35. The van der Waals surface area contributed by atoms with E-state index in [1.807, 2.05) is 25.7 Å². The lowest BCUT2D eigenvalue weighted by Crippen LogP contribution is -2.50. The summed E-state index contributed by atoms with van der Waals surface area (Å²) in [6, 6.07) is 6.18. The molecule has 0 spiro atoms. The predicted molar refractivity (Wildman–Crippen MR) is 116 cm³/mol. The van der Waals surface area contributed by atoms with Gasteiger partial charge in [-0.1, -0.05) is 23.5 Å². The van der Waals surface area contributed by atoms with Crippen LogP contribution in [0.1, 0.15) is 40.8 Å². The van der Waals surface area contributed by atoms with Crippen molar-refractivity contribution in [2.45, 2.75) is 26.4 Å². The standard InChI is InChI=1S/C21H25N3O6S/c1-21(2,3)30-20(28)24-11-9-23(10-12-24)19-22-15(16(31-19)18(27)29-4)13-5-7-14(8-6-13)17(25)26/h5-8H,9-12H2,1-4H3,(H,25,26). The van der Waals surface area contributed by atoms with Crippen LogP contribution in [0, 0.1) is 0 Å². The van der Waals surface area contributed by atoms with Gasteiger partial charge in [0.1, 0.15) is 10.5 Å². The lowest BCUT2D eigenvalue weighted by atomic mass is 10.1. The number of amides is 1. The highest BCUT2D eigenvalue weighted by molar-refractivity contribution is 7.17. The number of piperazine rings is 1. The first-order valence-corrected chi connectivity index (χ1v) is 10.6. The highest BCUT2D eigenvalue weighted by atomic mass is 32.1. The van der Waals surface area contributed by atoms with Gasteiger partial charge in [0.15, 0.2) is 5.13 Å². The maximum Gasteiger partial charge on any atom is 0.410 e. The number of carboxylic acids is 1. The van der Waals surface area contributed by atoms with E-state index in [-0.39, 0.29) is 11.7 Å².